The fourth-order valence-electron chi connectivity index (χ4n) is 2.92. The summed E-state index contributed by atoms with van der Waals surface area (Å²) in [6, 6.07) is 3.98. The molecule has 0 saturated carbocycles. The van der Waals surface area contributed by atoms with Crippen LogP contribution in [-0.4, -0.2) is 54.9 Å². The number of carbonyl (C=O) groups is 1. The second-order valence-corrected chi connectivity index (χ2v) is 9.36. The van der Waals surface area contributed by atoms with Gasteiger partial charge in [0.25, 0.3) is 0 Å². The Morgan fingerprint density at radius 1 is 1.19 bits per heavy atom. The van der Waals surface area contributed by atoms with Crippen molar-refractivity contribution in [2.45, 2.75) is 25.7 Å². The van der Waals surface area contributed by atoms with Crippen LogP contribution in [0.4, 0.5) is 0 Å². The fourth-order valence-corrected chi connectivity index (χ4v) is 5.42. The fraction of sp³-hybridized carbons (Fsp3) is 0.412. The lowest BCUT2D eigenvalue weighted by atomic mass is 10.3. The number of aromatic nitrogens is 1. The molecule has 0 radical (unpaired) electrons. The molecule has 1 saturated heterocycles. The zero-order valence-electron chi connectivity index (χ0n) is 14.9. The molecule has 0 aromatic carbocycles. The second kappa shape index (κ2) is 7.34. The summed E-state index contributed by atoms with van der Waals surface area (Å²) in [5.74, 6) is 0.181. The first-order valence-electron chi connectivity index (χ1n) is 8.25. The van der Waals surface area contributed by atoms with Crippen LogP contribution in [-0.2, 0) is 14.8 Å². The smallest absolute Gasteiger partial charge is 0.248 e. The lowest BCUT2D eigenvalue weighted by Crippen LogP contribution is -2.50. The molecule has 2 aromatic heterocycles. The number of nitrogens with zero attached hydrogens (tertiary/aromatic N) is 3. The normalized spacial score (nSPS) is 16.5. The minimum atomic E-state index is -3.66. The van der Waals surface area contributed by atoms with E-state index < -0.39 is 10.0 Å². The Labute approximate surface area is 156 Å². The number of hydrogen-bond donors (Lipinski definition) is 0. The Kier molecular flexibility index (Phi) is 5.31. The minimum Gasteiger partial charge on any atom is -0.360 e. The summed E-state index contributed by atoms with van der Waals surface area (Å²) in [7, 11) is -3.66. The van der Waals surface area contributed by atoms with E-state index in [0.29, 0.717) is 18.8 Å². The van der Waals surface area contributed by atoms with E-state index in [4.69, 9.17) is 4.52 Å². The van der Waals surface area contributed by atoms with E-state index in [2.05, 4.69) is 5.16 Å². The van der Waals surface area contributed by atoms with Crippen LogP contribution in [0.5, 0.6) is 0 Å². The van der Waals surface area contributed by atoms with Gasteiger partial charge in [-0.2, -0.15) is 4.31 Å². The van der Waals surface area contributed by atoms with Crippen LogP contribution < -0.4 is 0 Å². The number of sulfonamides is 1. The van der Waals surface area contributed by atoms with Crippen molar-refractivity contribution >= 4 is 33.3 Å². The van der Waals surface area contributed by atoms with Crippen LogP contribution in [0.2, 0.25) is 0 Å². The predicted octanol–water partition coefficient (Wildman–Crippen LogP) is 2.21. The van der Waals surface area contributed by atoms with Crippen molar-refractivity contribution in [3.8, 4) is 0 Å². The molecule has 9 heteroatoms. The topological polar surface area (TPSA) is 83.7 Å². The number of piperazine rings is 1. The lowest BCUT2D eigenvalue weighted by Gasteiger charge is -2.33. The summed E-state index contributed by atoms with van der Waals surface area (Å²) >= 11 is 1.62. The van der Waals surface area contributed by atoms with E-state index in [1.54, 1.807) is 42.2 Å². The Bertz CT molecular complexity index is 916. The van der Waals surface area contributed by atoms with E-state index in [9.17, 15) is 13.2 Å². The van der Waals surface area contributed by atoms with Gasteiger partial charge in [-0.3, -0.25) is 4.79 Å². The Morgan fingerprint density at radius 3 is 2.42 bits per heavy atom. The number of amides is 1. The van der Waals surface area contributed by atoms with Gasteiger partial charge >= 0.3 is 0 Å². The van der Waals surface area contributed by atoms with Crippen molar-refractivity contribution in [1.82, 2.24) is 14.4 Å². The molecule has 0 bridgehead atoms. The lowest BCUT2D eigenvalue weighted by molar-refractivity contribution is -0.127. The molecule has 2 aromatic rings. The van der Waals surface area contributed by atoms with Crippen molar-refractivity contribution in [3.63, 3.8) is 0 Å². The van der Waals surface area contributed by atoms with Gasteiger partial charge in [-0.1, -0.05) is 5.16 Å². The maximum absolute atomic E-state index is 12.8. The molecule has 1 aliphatic heterocycles. The molecule has 1 aliphatic rings. The number of thiophene rings is 1. The highest BCUT2D eigenvalue weighted by molar-refractivity contribution is 7.89. The summed E-state index contributed by atoms with van der Waals surface area (Å²) in [6.45, 7) is 6.44. The highest BCUT2D eigenvalue weighted by Crippen LogP contribution is 2.24. The van der Waals surface area contributed by atoms with Crippen LogP contribution in [0.25, 0.3) is 6.08 Å². The summed E-state index contributed by atoms with van der Waals surface area (Å²) in [5.41, 5.74) is 0.357. The van der Waals surface area contributed by atoms with Gasteiger partial charge in [0.1, 0.15) is 10.6 Å². The average molecular weight is 396 g/mol. The zero-order chi connectivity index (χ0) is 18.9. The summed E-state index contributed by atoms with van der Waals surface area (Å²) < 4.78 is 31.9. The number of carbonyl (C=O) groups excluding carboxylic acids is 1. The van der Waals surface area contributed by atoms with E-state index in [0.717, 1.165) is 4.88 Å². The highest BCUT2D eigenvalue weighted by atomic mass is 32.2. The predicted molar refractivity (Wildman–Crippen MR) is 99.4 cm³/mol. The molecule has 0 spiro atoms. The van der Waals surface area contributed by atoms with E-state index in [1.165, 1.54) is 9.18 Å². The summed E-state index contributed by atoms with van der Waals surface area (Å²) in [6.07, 6.45) is 3.34. The van der Waals surface area contributed by atoms with Crippen LogP contribution in [0.15, 0.2) is 27.6 Å². The van der Waals surface area contributed by atoms with E-state index in [-0.39, 0.29) is 29.7 Å². The molecule has 26 heavy (non-hydrogen) atoms. The highest BCUT2D eigenvalue weighted by Gasteiger charge is 2.33. The van der Waals surface area contributed by atoms with Crippen molar-refractivity contribution in [2.75, 3.05) is 26.2 Å². The van der Waals surface area contributed by atoms with Crippen molar-refractivity contribution in [1.29, 1.82) is 0 Å². The minimum absolute atomic E-state index is 0.106. The molecule has 1 amide bonds. The molecule has 0 N–H and O–H groups in total. The third-order valence-corrected chi connectivity index (χ3v) is 7.38. The maximum Gasteiger partial charge on any atom is 0.248 e. The van der Waals surface area contributed by atoms with E-state index in [1.807, 2.05) is 19.1 Å². The molecule has 3 heterocycles. The molecular formula is C17H21N3O4S2. The molecule has 7 nitrogen and oxygen atoms in total. The van der Waals surface area contributed by atoms with Crippen molar-refractivity contribution in [2.24, 2.45) is 0 Å². The van der Waals surface area contributed by atoms with Crippen LogP contribution in [0.1, 0.15) is 21.2 Å². The monoisotopic (exact) mass is 395 g/mol. The largest absolute Gasteiger partial charge is 0.360 e. The third kappa shape index (κ3) is 3.74. The number of aryl methyl sites for hydroxylation is 3. The quantitative estimate of drug-likeness (QED) is 0.741. The molecule has 0 unspecified atom stereocenters. The maximum atomic E-state index is 12.8. The second-order valence-electron chi connectivity index (χ2n) is 6.16. The van der Waals surface area contributed by atoms with Gasteiger partial charge in [-0.25, -0.2) is 8.42 Å². The third-order valence-electron chi connectivity index (χ3n) is 4.27. The van der Waals surface area contributed by atoms with Gasteiger partial charge < -0.3 is 9.42 Å². The average Bonchev–Trinajstić information content (AvgIpc) is 3.18. The molecular weight excluding hydrogens is 374 g/mol. The first-order chi connectivity index (χ1) is 12.3. The van der Waals surface area contributed by atoms with Gasteiger partial charge in [0.15, 0.2) is 5.76 Å². The van der Waals surface area contributed by atoms with Crippen LogP contribution in [0, 0.1) is 20.8 Å². The summed E-state index contributed by atoms with van der Waals surface area (Å²) in [5, 5.41) is 3.72. The van der Waals surface area contributed by atoms with Gasteiger partial charge in [-0.15, -0.1) is 11.3 Å². The number of hydrogen-bond acceptors (Lipinski definition) is 6. The van der Waals surface area contributed by atoms with Crippen LogP contribution >= 0.6 is 11.3 Å². The van der Waals surface area contributed by atoms with Crippen molar-refractivity contribution in [3.05, 3.63) is 39.4 Å². The van der Waals surface area contributed by atoms with Crippen molar-refractivity contribution < 1.29 is 17.7 Å². The van der Waals surface area contributed by atoms with E-state index >= 15 is 0 Å². The molecule has 140 valence electrons. The van der Waals surface area contributed by atoms with Gasteiger partial charge in [-0.05, 0) is 39.0 Å². The summed E-state index contributed by atoms with van der Waals surface area (Å²) in [4.78, 5) is 16.3. The first-order valence-corrected chi connectivity index (χ1v) is 10.5. The first kappa shape index (κ1) is 18.8. The Morgan fingerprint density at radius 2 is 1.88 bits per heavy atom. The SMILES string of the molecule is Cc1ccc(/C=C/C(=O)N2CCN(S(=O)(=O)c3c(C)noc3C)CC2)s1. The number of rotatable bonds is 4. The van der Waals surface area contributed by atoms with Crippen LogP contribution in [0.3, 0.4) is 0 Å². The standard InChI is InChI=1S/C17H21N3O4S2/c1-12-4-5-15(25-12)6-7-16(21)19-8-10-20(11-9-19)26(22,23)17-13(2)18-24-14(17)3/h4-7H,8-11H2,1-3H3/b7-6+. The molecule has 1 fully saturated rings. The Hall–Kier alpha value is -1.97. The molecule has 0 aliphatic carbocycles. The molecule has 0 atom stereocenters. The zero-order valence-corrected chi connectivity index (χ0v) is 16.6. The molecule has 3 rings (SSSR count). The van der Waals surface area contributed by atoms with Gasteiger partial charge in [0, 0.05) is 42.0 Å². The van der Waals surface area contributed by atoms with Gasteiger partial charge in [0.2, 0.25) is 15.9 Å². The Balaban J connectivity index is 1.64. The van der Waals surface area contributed by atoms with Gasteiger partial charge in [0.05, 0.1) is 0 Å².